The predicted octanol–water partition coefficient (Wildman–Crippen LogP) is 4.84. The van der Waals surface area contributed by atoms with Crippen molar-refractivity contribution in [1.29, 1.82) is 0 Å². The number of hydrogen-bond acceptors (Lipinski definition) is 3. The van der Waals surface area contributed by atoms with Crippen LogP contribution in [0.4, 0.5) is 0 Å². The zero-order valence-corrected chi connectivity index (χ0v) is 15.6. The summed E-state index contributed by atoms with van der Waals surface area (Å²) in [6, 6.07) is 0. The summed E-state index contributed by atoms with van der Waals surface area (Å²) >= 11 is 0. The molecule has 0 unspecified atom stereocenters. The van der Waals surface area contributed by atoms with Crippen LogP contribution >= 0.6 is 0 Å². The molecule has 0 aliphatic heterocycles. The molecule has 0 radical (unpaired) electrons. The van der Waals surface area contributed by atoms with Gasteiger partial charge in [-0.2, -0.15) is 0 Å². The highest BCUT2D eigenvalue weighted by Gasteiger charge is 2.30. The maximum Gasteiger partial charge on any atom is 0.364 e. The van der Waals surface area contributed by atoms with Gasteiger partial charge < -0.3 is 15.3 Å². The molecule has 0 atom stereocenters. The maximum absolute atomic E-state index is 10.5. The molecule has 0 rings (SSSR count). The van der Waals surface area contributed by atoms with Gasteiger partial charge in [0.2, 0.25) is 0 Å². The van der Waals surface area contributed by atoms with E-state index in [1.165, 1.54) is 6.08 Å². The molecule has 0 saturated carbocycles. The van der Waals surface area contributed by atoms with E-state index >= 15 is 0 Å². The Hall–Kier alpha value is -2.17. The Morgan fingerprint density at radius 2 is 1.23 bits per heavy atom. The van der Waals surface area contributed by atoms with Crippen LogP contribution < -0.4 is 0 Å². The Morgan fingerprint density at radius 3 is 1.77 bits per heavy atom. The zero-order valence-electron chi connectivity index (χ0n) is 15.6. The quantitative estimate of drug-likeness (QED) is 0.179. The van der Waals surface area contributed by atoms with Crippen molar-refractivity contribution in [2.45, 2.75) is 57.7 Å². The third kappa shape index (κ3) is 15.4. The van der Waals surface area contributed by atoms with Gasteiger partial charge in [0.25, 0.3) is 5.79 Å². The highest BCUT2D eigenvalue weighted by Crippen LogP contribution is 2.07. The average Bonchev–Trinajstić information content (AvgIpc) is 2.60. The predicted molar refractivity (Wildman–Crippen MR) is 108 cm³/mol. The molecule has 0 bridgehead atoms. The lowest BCUT2D eigenvalue weighted by Gasteiger charge is -2.12. The fraction of sp³-hybridized carbons (Fsp3) is 0.409. The second-order valence-electron chi connectivity index (χ2n) is 5.78. The summed E-state index contributed by atoms with van der Waals surface area (Å²) in [5.41, 5.74) is 0. The summed E-state index contributed by atoms with van der Waals surface area (Å²) < 4.78 is 0. The second-order valence-corrected chi connectivity index (χ2v) is 5.78. The number of aliphatic hydroxyl groups is 2. The smallest absolute Gasteiger partial charge is 0.364 e. The van der Waals surface area contributed by atoms with Crippen molar-refractivity contribution in [3.05, 3.63) is 72.9 Å². The fourth-order valence-electron chi connectivity index (χ4n) is 1.87. The molecule has 4 heteroatoms. The number of carbonyl (C=O) groups is 1. The third-order valence-electron chi connectivity index (χ3n) is 3.36. The Morgan fingerprint density at radius 1 is 0.731 bits per heavy atom. The number of hydrogen-bond donors (Lipinski definition) is 3. The van der Waals surface area contributed by atoms with E-state index in [1.807, 2.05) is 30.4 Å². The van der Waals surface area contributed by atoms with Crippen LogP contribution in [0.1, 0.15) is 51.9 Å². The monoisotopic (exact) mass is 360 g/mol. The third-order valence-corrected chi connectivity index (χ3v) is 3.36. The standard InChI is InChI=1S/C22H32O4/c1-2-3-4-5-6-7-8-9-10-11-12-13-14-15-16-17-18-19-20-22(25,26)21(23)24/h3-4,7-12,15-16,18-19,25-26H,2,5-6,13-14,17,20H2,1H3,(H,23,24)/b4-3-,8-7+,10-9-,12-11+,16-15-,19-18-. The first kappa shape index (κ1) is 23.8. The minimum Gasteiger partial charge on any atom is -0.477 e. The van der Waals surface area contributed by atoms with Crippen LogP contribution in [-0.2, 0) is 4.79 Å². The van der Waals surface area contributed by atoms with Gasteiger partial charge in [0, 0.05) is 6.42 Å². The number of carboxylic acid groups (broad SMARTS) is 1. The molecule has 0 spiro atoms. The van der Waals surface area contributed by atoms with Gasteiger partial charge in [-0.1, -0.05) is 79.8 Å². The first-order valence-electron chi connectivity index (χ1n) is 9.12. The molecule has 4 nitrogen and oxygen atoms in total. The van der Waals surface area contributed by atoms with Gasteiger partial charge in [-0.05, 0) is 38.5 Å². The molecular formula is C22H32O4. The molecule has 0 aromatic heterocycles. The van der Waals surface area contributed by atoms with Gasteiger partial charge in [-0.3, -0.25) is 0 Å². The topological polar surface area (TPSA) is 77.8 Å². The molecule has 0 saturated heterocycles. The van der Waals surface area contributed by atoms with Crippen LogP contribution in [0.25, 0.3) is 0 Å². The molecule has 0 aromatic rings. The van der Waals surface area contributed by atoms with Gasteiger partial charge in [0.05, 0.1) is 0 Å². The van der Waals surface area contributed by atoms with Crippen LogP contribution in [0.5, 0.6) is 0 Å². The van der Waals surface area contributed by atoms with Gasteiger partial charge >= 0.3 is 5.97 Å². The summed E-state index contributed by atoms with van der Waals surface area (Å²) in [5.74, 6) is -4.32. The number of carboxylic acids is 1. The highest BCUT2D eigenvalue weighted by atomic mass is 16.5. The summed E-state index contributed by atoms with van der Waals surface area (Å²) in [6.45, 7) is 2.14. The van der Waals surface area contributed by atoms with E-state index in [1.54, 1.807) is 6.08 Å². The molecule has 0 aromatic carbocycles. The number of unbranched alkanes of at least 4 members (excludes halogenated alkanes) is 2. The van der Waals surface area contributed by atoms with Crippen LogP contribution in [0.2, 0.25) is 0 Å². The van der Waals surface area contributed by atoms with E-state index in [2.05, 4.69) is 37.3 Å². The summed E-state index contributed by atoms with van der Waals surface area (Å²) in [4.78, 5) is 10.5. The van der Waals surface area contributed by atoms with Crippen molar-refractivity contribution < 1.29 is 20.1 Å². The second kappa shape index (κ2) is 16.3. The molecule has 144 valence electrons. The lowest BCUT2D eigenvalue weighted by atomic mass is 10.1. The van der Waals surface area contributed by atoms with Crippen molar-refractivity contribution in [3.63, 3.8) is 0 Å². The summed E-state index contributed by atoms with van der Waals surface area (Å²) in [7, 11) is 0. The van der Waals surface area contributed by atoms with E-state index < -0.39 is 11.8 Å². The minimum absolute atomic E-state index is 0.324. The van der Waals surface area contributed by atoms with E-state index in [9.17, 15) is 4.79 Å². The van der Waals surface area contributed by atoms with Crippen LogP contribution in [0.3, 0.4) is 0 Å². The van der Waals surface area contributed by atoms with Gasteiger partial charge in [0.1, 0.15) is 0 Å². The Kier molecular flexibility index (Phi) is 14.9. The normalized spacial score (nSPS) is 13.7. The molecule has 0 fully saturated rings. The molecule has 26 heavy (non-hydrogen) atoms. The molecule has 0 heterocycles. The first-order chi connectivity index (χ1) is 12.5. The lowest BCUT2D eigenvalue weighted by Crippen LogP contribution is -2.37. The molecule has 0 aliphatic carbocycles. The zero-order chi connectivity index (χ0) is 19.5. The van der Waals surface area contributed by atoms with Crippen molar-refractivity contribution in [1.82, 2.24) is 0 Å². The Labute approximate surface area is 157 Å². The van der Waals surface area contributed by atoms with Gasteiger partial charge in [-0.15, -0.1) is 0 Å². The average molecular weight is 360 g/mol. The van der Waals surface area contributed by atoms with Gasteiger partial charge in [-0.25, -0.2) is 4.79 Å². The van der Waals surface area contributed by atoms with Crippen molar-refractivity contribution >= 4 is 5.97 Å². The molecular weight excluding hydrogens is 328 g/mol. The number of rotatable bonds is 14. The van der Waals surface area contributed by atoms with Crippen LogP contribution in [0, 0.1) is 0 Å². The van der Waals surface area contributed by atoms with E-state index in [4.69, 9.17) is 15.3 Å². The molecule has 0 amide bonds. The maximum atomic E-state index is 10.5. The lowest BCUT2D eigenvalue weighted by molar-refractivity contribution is -0.201. The van der Waals surface area contributed by atoms with Crippen LogP contribution in [-0.4, -0.2) is 27.1 Å². The molecule has 3 N–H and O–H groups in total. The van der Waals surface area contributed by atoms with Crippen molar-refractivity contribution in [3.8, 4) is 0 Å². The first-order valence-corrected chi connectivity index (χ1v) is 9.12. The number of aliphatic carboxylic acids is 1. The molecule has 0 aliphatic rings. The van der Waals surface area contributed by atoms with Gasteiger partial charge in [0.15, 0.2) is 0 Å². The SMILES string of the molecule is CC/C=C\CC/C=C/C=C\C=C\CC/C=C\C/C=C\CC(O)(O)C(=O)O. The largest absolute Gasteiger partial charge is 0.477 e. The van der Waals surface area contributed by atoms with Crippen molar-refractivity contribution in [2.75, 3.05) is 0 Å². The highest BCUT2D eigenvalue weighted by molar-refractivity contribution is 5.75. The van der Waals surface area contributed by atoms with Crippen LogP contribution in [0.15, 0.2) is 72.9 Å². The minimum atomic E-state index is -2.68. The van der Waals surface area contributed by atoms with Crippen molar-refractivity contribution in [2.24, 2.45) is 0 Å². The Bertz CT molecular complexity index is 534. The Balaban J connectivity index is 3.69. The fourth-order valence-corrected chi connectivity index (χ4v) is 1.87. The van der Waals surface area contributed by atoms with E-state index in [0.29, 0.717) is 6.42 Å². The summed E-state index contributed by atoms with van der Waals surface area (Å²) in [6.07, 6.45) is 29.4. The van der Waals surface area contributed by atoms with E-state index in [-0.39, 0.29) is 6.42 Å². The summed E-state index contributed by atoms with van der Waals surface area (Å²) in [5, 5.41) is 26.7. The number of allylic oxidation sites excluding steroid dienone is 11. The van der Waals surface area contributed by atoms with E-state index in [0.717, 1.165) is 32.1 Å².